The molecule has 5 heteroatoms. The lowest BCUT2D eigenvalue weighted by Gasteiger charge is -2.22. The third kappa shape index (κ3) is 3.91. The number of para-hydroxylation sites is 1. The maximum atomic E-state index is 6.03. The average Bonchev–Trinajstić information content (AvgIpc) is 2.46. The van der Waals surface area contributed by atoms with E-state index in [1.165, 1.54) is 0 Å². The molecule has 1 aromatic carbocycles. The maximum Gasteiger partial charge on any atom is 0.226 e. The summed E-state index contributed by atoms with van der Waals surface area (Å²) in [5, 5.41) is 2.35. The lowest BCUT2D eigenvalue weighted by Crippen LogP contribution is -2.12. The van der Waals surface area contributed by atoms with Crippen LogP contribution in [0.4, 0.5) is 5.82 Å². The number of aromatic nitrogens is 1. The topological polar surface area (TPSA) is 60.5 Å². The Labute approximate surface area is 136 Å². The third-order valence-corrected chi connectivity index (χ3v) is 3.31. The van der Waals surface area contributed by atoms with Crippen LogP contribution in [-0.4, -0.2) is 10.1 Å². The van der Waals surface area contributed by atoms with Crippen molar-refractivity contribution in [3.63, 3.8) is 0 Å². The van der Waals surface area contributed by atoms with E-state index in [4.69, 9.17) is 10.5 Å². The molecule has 0 saturated heterocycles. The Kier molecular flexibility index (Phi) is 4.91. The first kappa shape index (κ1) is 16.1. The summed E-state index contributed by atoms with van der Waals surface area (Å²) in [7, 11) is 0. The van der Waals surface area contributed by atoms with E-state index in [1.54, 1.807) is 6.07 Å². The van der Waals surface area contributed by atoms with Gasteiger partial charge in [-0.2, -0.15) is 4.98 Å². The molecule has 2 aromatic rings. The number of thiocarbonyl (C=S) groups is 1. The summed E-state index contributed by atoms with van der Waals surface area (Å²) in [5.41, 5.74) is 7.65. The zero-order valence-electron chi connectivity index (χ0n) is 13.0. The monoisotopic (exact) mass is 313 g/mol. The molecule has 0 atom stereocenters. The fourth-order valence-corrected chi connectivity index (χ4v) is 2.15. The molecule has 22 heavy (non-hydrogen) atoms. The molecule has 0 aliphatic carbocycles. The lowest BCUT2D eigenvalue weighted by atomic mass is 9.86. The predicted molar refractivity (Wildman–Crippen MR) is 92.6 cm³/mol. The van der Waals surface area contributed by atoms with Crippen molar-refractivity contribution in [2.75, 3.05) is 5.73 Å². The quantitative estimate of drug-likeness (QED) is 0.673. The smallest absolute Gasteiger partial charge is 0.226 e. The van der Waals surface area contributed by atoms with Crippen molar-refractivity contribution in [2.24, 2.45) is 4.99 Å². The first-order chi connectivity index (χ1) is 10.4. The highest BCUT2D eigenvalue weighted by Crippen LogP contribution is 2.34. The second-order valence-corrected chi connectivity index (χ2v) is 6.14. The van der Waals surface area contributed by atoms with E-state index >= 15 is 0 Å². The van der Waals surface area contributed by atoms with Crippen LogP contribution in [0.15, 0.2) is 41.4 Å². The molecule has 2 rings (SSSR count). The number of hydrogen-bond acceptors (Lipinski definition) is 5. The fourth-order valence-electron chi connectivity index (χ4n) is 2.09. The molecule has 0 radical (unpaired) electrons. The number of aliphatic imine (C=N–C) groups is 1. The van der Waals surface area contributed by atoms with E-state index in [0.717, 1.165) is 16.9 Å². The Morgan fingerprint density at radius 1 is 1.23 bits per heavy atom. The average molecular weight is 313 g/mol. The van der Waals surface area contributed by atoms with E-state index in [0.29, 0.717) is 18.2 Å². The molecule has 0 saturated carbocycles. The molecule has 2 N–H and O–H groups in total. The van der Waals surface area contributed by atoms with Gasteiger partial charge >= 0.3 is 0 Å². The summed E-state index contributed by atoms with van der Waals surface area (Å²) >= 11 is 4.62. The molecule has 114 valence electrons. The number of benzene rings is 1. The number of nitrogens with zero attached hydrogens (tertiary/aromatic N) is 2. The molecule has 4 nitrogen and oxygen atoms in total. The lowest BCUT2D eigenvalue weighted by molar-refractivity contribution is 0.435. The van der Waals surface area contributed by atoms with Gasteiger partial charge in [0.2, 0.25) is 5.88 Å². The Hall–Kier alpha value is -2.23. The highest BCUT2D eigenvalue weighted by Gasteiger charge is 2.19. The number of pyridine rings is 1. The third-order valence-electron chi connectivity index (χ3n) is 3.18. The van der Waals surface area contributed by atoms with Crippen molar-refractivity contribution < 1.29 is 4.74 Å². The zero-order chi connectivity index (χ0) is 16.2. The van der Waals surface area contributed by atoms with E-state index in [-0.39, 0.29) is 5.41 Å². The summed E-state index contributed by atoms with van der Waals surface area (Å²) in [6, 6.07) is 11.5. The van der Waals surface area contributed by atoms with E-state index in [1.807, 2.05) is 24.3 Å². The molecule has 0 aliphatic rings. The number of anilines is 1. The Morgan fingerprint density at radius 3 is 2.64 bits per heavy atom. The van der Waals surface area contributed by atoms with Gasteiger partial charge in [-0.3, -0.25) is 0 Å². The molecule has 0 bridgehead atoms. The van der Waals surface area contributed by atoms with Crippen LogP contribution in [0.3, 0.4) is 0 Å². The highest BCUT2D eigenvalue weighted by atomic mass is 32.1. The van der Waals surface area contributed by atoms with Crippen LogP contribution >= 0.6 is 12.2 Å². The molecule has 0 fully saturated rings. The van der Waals surface area contributed by atoms with Crippen molar-refractivity contribution in [1.29, 1.82) is 0 Å². The van der Waals surface area contributed by atoms with Crippen LogP contribution in [0.5, 0.6) is 11.6 Å². The highest BCUT2D eigenvalue weighted by molar-refractivity contribution is 7.78. The Balaban J connectivity index is 2.43. The molecule has 0 aliphatic heterocycles. The molecule has 0 spiro atoms. The van der Waals surface area contributed by atoms with Gasteiger partial charge in [0.25, 0.3) is 0 Å². The molecular formula is C17H19N3OS. The molecule has 0 amide bonds. The van der Waals surface area contributed by atoms with Gasteiger partial charge in [-0.25, -0.2) is 4.99 Å². The summed E-state index contributed by atoms with van der Waals surface area (Å²) in [6.45, 7) is 6.78. The first-order valence-corrected chi connectivity index (χ1v) is 7.39. The standard InChI is InChI=1S/C17H19N3OS/c1-17(2,3)13-6-4-5-7-14(13)21-16-12(10-19-11-22)8-9-15(18)20-16/h4-9H,10H2,1-3H3,(H2,18,20). The second-order valence-electron chi connectivity index (χ2n) is 5.96. The Bertz CT molecular complexity index is 716. The number of nitrogens with two attached hydrogens (primary N) is 1. The molecule has 1 heterocycles. The number of hydrogen-bond donors (Lipinski definition) is 1. The predicted octanol–water partition coefficient (Wildman–Crippen LogP) is 4.36. The van der Waals surface area contributed by atoms with Crippen molar-refractivity contribution in [3.8, 4) is 11.6 Å². The van der Waals surface area contributed by atoms with Crippen LogP contribution in [0.2, 0.25) is 0 Å². The van der Waals surface area contributed by atoms with Crippen molar-refractivity contribution in [2.45, 2.75) is 32.7 Å². The van der Waals surface area contributed by atoms with Gasteiger partial charge in [0.15, 0.2) is 0 Å². The number of ether oxygens (including phenoxy) is 1. The van der Waals surface area contributed by atoms with Gasteiger partial charge in [-0.15, -0.1) is 0 Å². The minimum atomic E-state index is -0.0381. The summed E-state index contributed by atoms with van der Waals surface area (Å²) < 4.78 is 6.03. The van der Waals surface area contributed by atoms with Gasteiger partial charge in [0.1, 0.15) is 11.6 Å². The molecular weight excluding hydrogens is 294 g/mol. The second kappa shape index (κ2) is 6.69. The van der Waals surface area contributed by atoms with Crippen molar-refractivity contribution >= 4 is 23.2 Å². The summed E-state index contributed by atoms with van der Waals surface area (Å²) in [4.78, 5) is 8.23. The van der Waals surface area contributed by atoms with Crippen LogP contribution in [0, 0.1) is 0 Å². The first-order valence-electron chi connectivity index (χ1n) is 6.98. The summed E-state index contributed by atoms with van der Waals surface area (Å²) in [6.07, 6.45) is 0. The van der Waals surface area contributed by atoms with Gasteiger partial charge in [-0.1, -0.05) is 39.0 Å². The van der Waals surface area contributed by atoms with Crippen LogP contribution in [0.25, 0.3) is 0 Å². The van der Waals surface area contributed by atoms with Crippen LogP contribution in [0.1, 0.15) is 31.9 Å². The normalized spacial score (nSPS) is 10.9. The Morgan fingerprint density at radius 2 is 1.95 bits per heavy atom. The van der Waals surface area contributed by atoms with E-state index < -0.39 is 0 Å². The fraction of sp³-hybridized carbons (Fsp3) is 0.294. The van der Waals surface area contributed by atoms with E-state index in [2.05, 4.69) is 54.2 Å². The largest absolute Gasteiger partial charge is 0.438 e. The van der Waals surface area contributed by atoms with Gasteiger partial charge in [-0.05, 0) is 35.8 Å². The van der Waals surface area contributed by atoms with Gasteiger partial charge < -0.3 is 10.5 Å². The minimum Gasteiger partial charge on any atom is -0.438 e. The number of rotatable bonds is 4. The minimum absolute atomic E-state index is 0.0381. The molecule has 1 aromatic heterocycles. The molecule has 0 unspecified atom stereocenters. The van der Waals surface area contributed by atoms with Gasteiger partial charge in [0, 0.05) is 11.1 Å². The SMILES string of the molecule is CC(C)(C)c1ccccc1Oc1nc(N)ccc1CN=C=S. The van der Waals surface area contributed by atoms with Crippen molar-refractivity contribution in [3.05, 3.63) is 47.5 Å². The number of nitrogen functional groups attached to an aromatic ring is 1. The number of isothiocyanates is 1. The van der Waals surface area contributed by atoms with E-state index in [9.17, 15) is 0 Å². The van der Waals surface area contributed by atoms with Crippen molar-refractivity contribution in [1.82, 2.24) is 4.98 Å². The van der Waals surface area contributed by atoms with Crippen LogP contribution in [-0.2, 0) is 12.0 Å². The maximum absolute atomic E-state index is 6.03. The summed E-state index contributed by atoms with van der Waals surface area (Å²) in [5.74, 6) is 1.62. The van der Waals surface area contributed by atoms with Crippen LogP contribution < -0.4 is 10.5 Å². The zero-order valence-corrected chi connectivity index (χ0v) is 13.8. The van der Waals surface area contributed by atoms with Gasteiger partial charge in [0.05, 0.1) is 11.7 Å².